The Balaban J connectivity index is 1.27. The van der Waals surface area contributed by atoms with Gasteiger partial charge >= 0.3 is 10.2 Å². The molecule has 0 unspecified atom stereocenters. The fourth-order valence-electron chi connectivity index (χ4n) is 4.61. The first-order valence-corrected chi connectivity index (χ1v) is 12.9. The Morgan fingerprint density at radius 1 is 0.941 bits per heavy atom. The van der Waals surface area contributed by atoms with Gasteiger partial charge < -0.3 is 0 Å². The van der Waals surface area contributed by atoms with Gasteiger partial charge in [-0.05, 0) is 46.9 Å². The SMILES string of the molecule is O=S1(=O)NC(Cc2cccc3ccccc23)=CC(=NC2CCN(Cc3ccc(F)cc3)CC2)N1. The Kier molecular flexibility index (Phi) is 6.34. The number of allylic oxidation sites excluding steroid dienone is 1. The average Bonchev–Trinajstić information content (AvgIpc) is 2.81. The predicted molar refractivity (Wildman–Crippen MR) is 133 cm³/mol. The van der Waals surface area contributed by atoms with Crippen LogP contribution in [0.3, 0.4) is 0 Å². The maximum Gasteiger partial charge on any atom is 0.322 e. The Morgan fingerprint density at radius 2 is 1.68 bits per heavy atom. The van der Waals surface area contributed by atoms with E-state index in [0.29, 0.717) is 18.0 Å². The van der Waals surface area contributed by atoms with Gasteiger partial charge in [0.15, 0.2) is 0 Å². The number of fused-ring (bicyclic) bond motifs is 1. The zero-order valence-corrected chi connectivity index (χ0v) is 19.6. The number of halogens is 1. The lowest BCUT2D eigenvalue weighted by Gasteiger charge is -2.31. The number of nitrogens with one attached hydrogen (secondary N) is 2. The molecule has 0 spiro atoms. The normalized spacial score (nSPS) is 20.0. The summed E-state index contributed by atoms with van der Waals surface area (Å²) in [5.41, 5.74) is 2.74. The van der Waals surface area contributed by atoms with Gasteiger partial charge in [-0.3, -0.25) is 19.3 Å². The molecule has 0 amide bonds. The second-order valence-corrected chi connectivity index (χ2v) is 10.3. The predicted octanol–water partition coefficient (Wildman–Crippen LogP) is 3.91. The van der Waals surface area contributed by atoms with Crippen molar-refractivity contribution in [2.45, 2.75) is 31.8 Å². The molecule has 34 heavy (non-hydrogen) atoms. The molecule has 176 valence electrons. The van der Waals surface area contributed by atoms with E-state index in [1.54, 1.807) is 6.08 Å². The monoisotopic (exact) mass is 478 g/mol. The van der Waals surface area contributed by atoms with E-state index in [9.17, 15) is 12.8 Å². The van der Waals surface area contributed by atoms with Crippen molar-refractivity contribution >= 4 is 26.8 Å². The van der Waals surface area contributed by atoms with Crippen molar-refractivity contribution in [3.05, 3.63) is 95.4 Å². The second kappa shape index (κ2) is 9.56. The first-order valence-electron chi connectivity index (χ1n) is 11.5. The standard InChI is InChI=1S/C26H27FN4O2S/c27-22-10-8-19(9-11-22)18-31-14-12-23(13-15-31)28-26-17-24(29-34(32,33)30-26)16-21-6-3-5-20-4-1-2-7-25(20)21/h1-11,17,23,29H,12-16,18H2,(H,28,30). The summed E-state index contributed by atoms with van der Waals surface area (Å²) in [7, 11) is -3.70. The summed E-state index contributed by atoms with van der Waals surface area (Å²) in [5.74, 6) is 0.154. The quantitative estimate of drug-likeness (QED) is 0.584. The minimum Gasteiger partial charge on any atom is -0.299 e. The molecular weight excluding hydrogens is 451 g/mol. The van der Waals surface area contributed by atoms with E-state index in [4.69, 9.17) is 4.99 Å². The molecule has 5 rings (SSSR count). The number of amidine groups is 1. The lowest BCUT2D eigenvalue weighted by atomic mass is 10.0. The molecule has 3 aromatic carbocycles. The van der Waals surface area contributed by atoms with Crippen molar-refractivity contribution < 1.29 is 12.8 Å². The van der Waals surface area contributed by atoms with E-state index in [-0.39, 0.29) is 11.9 Å². The van der Waals surface area contributed by atoms with Crippen molar-refractivity contribution in [3.8, 4) is 0 Å². The van der Waals surface area contributed by atoms with Crippen LogP contribution >= 0.6 is 0 Å². The van der Waals surface area contributed by atoms with Gasteiger partial charge in [-0.25, -0.2) is 4.39 Å². The molecule has 0 radical (unpaired) electrons. The van der Waals surface area contributed by atoms with E-state index in [2.05, 4.69) is 32.5 Å². The zero-order valence-electron chi connectivity index (χ0n) is 18.7. The first-order chi connectivity index (χ1) is 16.4. The van der Waals surface area contributed by atoms with Crippen LogP contribution in [-0.2, 0) is 23.2 Å². The molecule has 1 saturated heterocycles. The average molecular weight is 479 g/mol. The van der Waals surface area contributed by atoms with Crippen molar-refractivity contribution in [2.75, 3.05) is 13.1 Å². The fourth-order valence-corrected chi connectivity index (χ4v) is 5.53. The number of piperidine rings is 1. The number of hydrogen-bond donors (Lipinski definition) is 2. The highest BCUT2D eigenvalue weighted by atomic mass is 32.2. The van der Waals surface area contributed by atoms with Crippen LogP contribution in [0.15, 0.2) is 83.5 Å². The molecule has 0 atom stereocenters. The highest BCUT2D eigenvalue weighted by Crippen LogP contribution is 2.22. The van der Waals surface area contributed by atoms with Gasteiger partial charge in [0.1, 0.15) is 11.7 Å². The van der Waals surface area contributed by atoms with Gasteiger partial charge in [-0.15, -0.1) is 0 Å². The Hall–Kier alpha value is -3.23. The summed E-state index contributed by atoms with van der Waals surface area (Å²) < 4.78 is 43.2. The van der Waals surface area contributed by atoms with Gasteiger partial charge in [-0.2, -0.15) is 8.42 Å². The van der Waals surface area contributed by atoms with Crippen LogP contribution < -0.4 is 9.44 Å². The summed E-state index contributed by atoms with van der Waals surface area (Å²) in [6, 6.07) is 20.8. The van der Waals surface area contributed by atoms with Crippen LogP contribution in [0.2, 0.25) is 0 Å². The number of likely N-dealkylation sites (tertiary alicyclic amines) is 1. The highest BCUT2D eigenvalue weighted by molar-refractivity contribution is 7.88. The third-order valence-electron chi connectivity index (χ3n) is 6.27. The van der Waals surface area contributed by atoms with Crippen LogP contribution in [0.25, 0.3) is 10.8 Å². The van der Waals surface area contributed by atoms with E-state index >= 15 is 0 Å². The van der Waals surface area contributed by atoms with E-state index in [1.165, 1.54) is 12.1 Å². The summed E-state index contributed by atoms with van der Waals surface area (Å²) in [4.78, 5) is 7.05. The largest absolute Gasteiger partial charge is 0.322 e. The maximum atomic E-state index is 13.1. The maximum absolute atomic E-state index is 13.1. The molecular formula is C26H27FN4O2S. The molecule has 0 aliphatic carbocycles. The topological polar surface area (TPSA) is 73.8 Å². The number of rotatable bonds is 5. The summed E-state index contributed by atoms with van der Waals surface area (Å²) in [5, 5.41) is 2.23. The van der Waals surface area contributed by atoms with Crippen LogP contribution in [0, 0.1) is 5.82 Å². The lowest BCUT2D eigenvalue weighted by Crippen LogP contribution is -2.45. The third-order valence-corrected chi connectivity index (χ3v) is 7.28. The van der Waals surface area contributed by atoms with Gasteiger partial charge in [0.2, 0.25) is 0 Å². The summed E-state index contributed by atoms with van der Waals surface area (Å²) in [6.07, 6.45) is 3.95. The van der Waals surface area contributed by atoms with Gasteiger partial charge in [0, 0.05) is 37.8 Å². The van der Waals surface area contributed by atoms with Gasteiger partial charge in [0.05, 0.1) is 6.04 Å². The van der Waals surface area contributed by atoms with Crippen molar-refractivity contribution in [3.63, 3.8) is 0 Å². The number of aliphatic imine (C=N–C) groups is 1. The summed E-state index contributed by atoms with van der Waals surface area (Å²) >= 11 is 0. The molecule has 8 heteroatoms. The minimum absolute atomic E-state index is 0.0512. The van der Waals surface area contributed by atoms with Crippen LogP contribution in [0.5, 0.6) is 0 Å². The van der Waals surface area contributed by atoms with Crippen molar-refractivity contribution in [1.82, 2.24) is 14.3 Å². The Labute approximate surface area is 199 Å². The Morgan fingerprint density at radius 3 is 2.47 bits per heavy atom. The first kappa shape index (κ1) is 22.6. The number of benzene rings is 3. The molecule has 2 aliphatic rings. The molecule has 0 saturated carbocycles. The van der Waals surface area contributed by atoms with E-state index in [1.807, 2.05) is 36.4 Å². The fraction of sp³-hybridized carbons (Fsp3) is 0.269. The molecule has 2 N–H and O–H groups in total. The van der Waals surface area contributed by atoms with Gasteiger partial charge in [-0.1, -0.05) is 54.6 Å². The van der Waals surface area contributed by atoms with E-state index < -0.39 is 10.2 Å². The molecule has 1 fully saturated rings. The number of hydrogen-bond acceptors (Lipinski definition) is 4. The van der Waals surface area contributed by atoms with Crippen LogP contribution in [0.4, 0.5) is 4.39 Å². The van der Waals surface area contributed by atoms with Crippen molar-refractivity contribution in [2.24, 2.45) is 4.99 Å². The molecule has 0 aromatic heterocycles. The second-order valence-electron chi connectivity index (χ2n) is 8.84. The van der Waals surface area contributed by atoms with Gasteiger partial charge in [0.25, 0.3) is 0 Å². The molecule has 2 aliphatic heterocycles. The summed E-state index contributed by atoms with van der Waals surface area (Å²) in [6.45, 7) is 2.49. The molecule has 6 nitrogen and oxygen atoms in total. The van der Waals surface area contributed by atoms with Crippen molar-refractivity contribution in [1.29, 1.82) is 0 Å². The third kappa shape index (κ3) is 5.46. The minimum atomic E-state index is -3.70. The molecule has 2 heterocycles. The number of nitrogens with zero attached hydrogens (tertiary/aromatic N) is 2. The Bertz CT molecular complexity index is 1340. The van der Waals surface area contributed by atoms with Crippen LogP contribution in [-0.4, -0.2) is 38.3 Å². The zero-order chi connectivity index (χ0) is 23.5. The van der Waals surface area contributed by atoms with E-state index in [0.717, 1.165) is 54.4 Å². The molecule has 3 aromatic rings. The smallest absolute Gasteiger partial charge is 0.299 e. The molecule has 0 bridgehead atoms. The van der Waals surface area contributed by atoms with Crippen LogP contribution in [0.1, 0.15) is 24.0 Å². The lowest BCUT2D eigenvalue weighted by molar-refractivity contribution is 0.206. The highest BCUT2D eigenvalue weighted by Gasteiger charge is 2.23.